The number of hydrogen-bond donors (Lipinski definition) is 0. The fraction of sp³-hybridized carbons (Fsp3) is 0.261. The summed E-state index contributed by atoms with van der Waals surface area (Å²) in [5.74, 6) is -2.81. The number of rotatable bonds is 6. The summed E-state index contributed by atoms with van der Waals surface area (Å²) in [7, 11) is 0. The van der Waals surface area contributed by atoms with E-state index < -0.39 is 39.4 Å². The third-order valence-corrected chi connectivity index (χ3v) is 6.08. The molecular weight excluding hydrogens is 444 g/mol. The summed E-state index contributed by atoms with van der Waals surface area (Å²) in [4.78, 5) is 60.7. The third-order valence-electron chi connectivity index (χ3n) is 6.08. The monoisotopic (exact) mass is 464 g/mol. The van der Waals surface area contributed by atoms with E-state index in [4.69, 9.17) is 0 Å². The Bertz CT molecular complexity index is 1220. The van der Waals surface area contributed by atoms with E-state index in [1.165, 1.54) is 36.4 Å². The number of carbonyl (C=O) groups is 3. The number of benzene rings is 2. The molecule has 1 fully saturated rings. The van der Waals surface area contributed by atoms with E-state index in [0.717, 1.165) is 27.7 Å². The molecule has 1 heterocycles. The number of hydrogen-bond acceptors (Lipinski definition) is 7. The molecule has 1 aliphatic heterocycles. The molecule has 2 aromatic rings. The van der Waals surface area contributed by atoms with E-state index >= 15 is 0 Å². The lowest BCUT2D eigenvalue weighted by atomic mass is 9.82. The number of allylic oxidation sites excluding steroid dienone is 2. The van der Waals surface area contributed by atoms with Crippen LogP contribution in [0.15, 0.2) is 60.2 Å². The summed E-state index contributed by atoms with van der Waals surface area (Å²) in [5.41, 5.74) is 1.16. The molecule has 2 atom stereocenters. The highest BCUT2D eigenvalue weighted by Crippen LogP contribution is 2.39. The third kappa shape index (κ3) is 4.15. The average molecular weight is 464 g/mol. The molecule has 0 aromatic heterocycles. The first-order chi connectivity index (χ1) is 16.2. The largest absolute Gasteiger partial charge is 0.273 e. The molecule has 0 radical (unpaired) electrons. The minimum absolute atomic E-state index is 0.0530. The summed E-state index contributed by atoms with van der Waals surface area (Å²) >= 11 is 0. The zero-order valence-electron chi connectivity index (χ0n) is 18.1. The van der Waals surface area contributed by atoms with Crippen molar-refractivity contribution >= 4 is 29.1 Å². The zero-order chi connectivity index (χ0) is 24.6. The summed E-state index contributed by atoms with van der Waals surface area (Å²) in [5, 5.41) is 23.8. The quantitative estimate of drug-likeness (QED) is 0.276. The van der Waals surface area contributed by atoms with Gasteiger partial charge in [-0.25, -0.2) is 5.01 Å². The molecule has 2 aromatic carbocycles. The number of amides is 3. The van der Waals surface area contributed by atoms with Crippen LogP contribution in [0.2, 0.25) is 0 Å². The van der Waals surface area contributed by atoms with Crippen LogP contribution in [0, 0.1) is 32.1 Å². The van der Waals surface area contributed by atoms with Gasteiger partial charge in [0.2, 0.25) is 0 Å². The highest BCUT2D eigenvalue weighted by molar-refractivity contribution is 6.08. The van der Waals surface area contributed by atoms with E-state index in [1.807, 2.05) is 13.0 Å². The van der Waals surface area contributed by atoms with Crippen molar-refractivity contribution < 1.29 is 24.2 Å². The first-order valence-electron chi connectivity index (χ1n) is 10.5. The smallest absolute Gasteiger partial charge is 0.272 e. The summed E-state index contributed by atoms with van der Waals surface area (Å²) in [6.07, 6.45) is 2.73. The van der Waals surface area contributed by atoms with Crippen LogP contribution in [0.3, 0.4) is 0 Å². The fourth-order valence-corrected chi connectivity index (χ4v) is 4.26. The van der Waals surface area contributed by atoms with Crippen molar-refractivity contribution in [2.24, 2.45) is 11.8 Å². The molecule has 0 bridgehead atoms. The lowest BCUT2D eigenvalue weighted by Gasteiger charge is -2.30. The Kier molecular flexibility index (Phi) is 5.93. The van der Waals surface area contributed by atoms with E-state index in [1.54, 1.807) is 0 Å². The van der Waals surface area contributed by atoms with Gasteiger partial charge >= 0.3 is 0 Å². The Labute approximate surface area is 193 Å². The van der Waals surface area contributed by atoms with Gasteiger partial charge in [0.15, 0.2) is 0 Å². The Morgan fingerprint density at radius 3 is 2.03 bits per heavy atom. The van der Waals surface area contributed by atoms with Crippen molar-refractivity contribution in [2.75, 3.05) is 0 Å². The van der Waals surface area contributed by atoms with Gasteiger partial charge in [0.25, 0.3) is 29.1 Å². The summed E-state index contributed by atoms with van der Waals surface area (Å²) in [6, 6.07) is 10.3. The van der Waals surface area contributed by atoms with Gasteiger partial charge in [0.1, 0.15) is 0 Å². The normalized spacial score (nSPS) is 19.4. The van der Waals surface area contributed by atoms with Crippen molar-refractivity contribution in [2.45, 2.75) is 26.3 Å². The predicted molar refractivity (Wildman–Crippen MR) is 118 cm³/mol. The topological polar surface area (TPSA) is 144 Å². The Balaban J connectivity index is 1.69. The summed E-state index contributed by atoms with van der Waals surface area (Å²) in [6.45, 7) is 1.68. The van der Waals surface area contributed by atoms with Gasteiger partial charge in [-0.3, -0.25) is 34.6 Å². The van der Waals surface area contributed by atoms with Crippen molar-refractivity contribution in [3.05, 3.63) is 91.5 Å². The second-order valence-corrected chi connectivity index (χ2v) is 8.28. The molecular formula is C23H20N4O7. The van der Waals surface area contributed by atoms with Crippen molar-refractivity contribution in [3.8, 4) is 0 Å². The van der Waals surface area contributed by atoms with Crippen LogP contribution in [0.1, 0.15) is 35.7 Å². The summed E-state index contributed by atoms with van der Waals surface area (Å²) < 4.78 is 0. The number of imide groups is 1. The van der Waals surface area contributed by atoms with E-state index in [-0.39, 0.29) is 23.5 Å². The van der Waals surface area contributed by atoms with Crippen LogP contribution in [0.4, 0.5) is 11.4 Å². The van der Waals surface area contributed by atoms with E-state index in [2.05, 4.69) is 0 Å². The van der Waals surface area contributed by atoms with Gasteiger partial charge in [-0.15, -0.1) is 0 Å². The second-order valence-electron chi connectivity index (χ2n) is 8.28. The first kappa shape index (κ1) is 22.8. The highest BCUT2D eigenvalue weighted by Gasteiger charge is 2.51. The zero-order valence-corrected chi connectivity index (χ0v) is 18.1. The highest BCUT2D eigenvalue weighted by atomic mass is 16.6. The van der Waals surface area contributed by atoms with Gasteiger partial charge in [-0.05, 0) is 37.5 Å². The molecule has 2 aliphatic rings. The lowest BCUT2D eigenvalue weighted by molar-refractivity contribution is -0.385. The average Bonchev–Trinajstić information content (AvgIpc) is 3.06. The molecule has 1 saturated heterocycles. The van der Waals surface area contributed by atoms with Crippen LogP contribution in [-0.2, 0) is 16.1 Å². The molecule has 0 saturated carbocycles. The molecule has 3 amide bonds. The Morgan fingerprint density at radius 1 is 0.941 bits per heavy atom. The number of carbonyl (C=O) groups excluding carboxylic acids is 3. The standard InChI is InChI=1S/C23H20N4O7/c1-14-2-11-19-20(12-14)23(30)25(22(19)29)24(13-15-3-7-17(8-4-15)26(31)32)21(28)16-5-9-18(10-6-16)27(33)34/h2-10,19-20H,11-13H2,1H3/t19-,20+/m1/s1. The number of nitrogens with zero attached hydrogens (tertiary/aromatic N) is 4. The SMILES string of the molecule is CC1=CC[C@H]2C(=O)N(N(Cc3ccc([N+](=O)[O-])cc3)C(=O)c3ccc([N+](=O)[O-])cc3)C(=O)[C@H]2C1. The molecule has 0 unspecified atom stereocenters. The van der Waals surface area contributed by atoms with Gasteiger partial charge < -0.3 is 0 Å². The molecule has 34 heavy (non-hydrogen) atoms. The number of nitro benzene ring substituents is 2. The van der Waals surface area contributed by atoms with Gasteiger partial charge in [0, 0.05) is 29.8 Å². The number of fused-ring (bicyclic) bond motifs is 1. The maximum atomic E-state index is 13.4. The minimum atomic E-state index is -0.696. The first-order valence-corrected chi connectivity index (χ1v) is 10.5. The molecule has 11 heteroatoms. The van der Waals surface area contributed by atoms with Crippen molar-refractivity contribution in [1.82, 2.24) is 10.0 Å². The second kappa shape index (κ2) is 8.85. The van der Waals surface area contributed by atoms with Crippen LogP contribution in [0.25, 0.3) is 0 Å². The van der Waals surface area contributed by atoms with Crippen LogP contribution in [-0.4, -0.2) is 37.6 Å². The van der Waals surface area contributed by atoms with E-state index in [0.29, 0.717) is 18.4 Å². The molecule has 4 rings (SSSR count). The van der Waals surface area contributed by atoms with Crippen LogP contribution in [0.5, 0.6) is 0 Å². The Morgan fingerprint density at radius 2 is 1.47 bits per heavy atom. The molecule has 11 nitrogen and oxygen atoms in total. The van der Waals surface area contributed by atoms with Crippen molar-refractivity contribution in [1.29, 1.82) is 0 Å². The van der Waals surface area contributed by atoms with Gasteiger partial charge in [-0.1, -0.05) is 23.8 Å². The maximum Gasteiger partial charge on any atom is 0.273 e. The molecule has 174 valence electrons. The Hall–Kier alpha value is -4.41. The maximum absolute atomic E-state index is 13.4. The number of nitro groups is 2. The van der Waals surface area contributed by atoms with Gasteiger partial charge in [0.05, 0.1) is 28.2 Å². The molecule has 0 N–H and O–H groups in total. The number of non-ortho nitro benzene ring substituents is 2. The minimum Gasteiger partial charge on any atom is -0.272 e. The number of hydrazine groups is 1. The lowest BCUT2D eigenvalue weighted by Crippen LogP contribution is -2.49. The van der Waals surface area contributed by atoms with E-state index in [9.17, 15) is 34.6 Å². The van der Waals surface area contributed by atoms with Crippen LogP contribution < -0.4 is 0 Å². The van der Waals surface area contributed by atoms with Gasteiger partial charge in [-0.2, -0.15) is 5.01 Å². The van der Waals surface area contributed by atoms with Crippen LogP contribution >= 0.6 is 0 Å². The predicted octanol–water partition coefficient (Wildman–Crippen LogP) is 3.40. The fourth-order valence-electron chi connectivity index (χ4n) is 4.26. The van der Waals surface area contributed by atoms with Crippen molar-refractivity contribution in [3.63, 3.8) is 0 Å². The molecule has 0 spiro atoms. The molecule has 1 aliphatic carbocycles.